The number of aryl methyl sites for hydroxylation is 2. The molecule has 1 N–H and O–H groups in total. The van der Waals surface area contributed by atoms with Crippen molar-refractivity contribution >= 4 is 32.6 Å². The summed E-state index contributed by atoms with van der Waals surface area (Å²) in [6.07, 6.45) is 1.82. The normalized spacial score (nSPS) is 11.3. The molecule has 0 atom stereocenters. The molecule has 114 valence electrons. The molecule has 0 fully saturated rings. The first-order valence-electron chi connectivity index (χ1n) is 7.16. The highest BCUT2D eigenvalue weighted by Gasteiger charge is 2.15. The fourth-order valence-electron chi connectivity index (χ4n) is 2.34. The molecule has 5 nitrogen and oxygen atoms in total. The van der Waals surface area contributed by atoms with E-state index in [0.29, 0.717) is 16.7 Å². The van der Waals surface area contributed by atoms with Crippen molar-refractivity contribution in [3.63, 3.8) is 0 Å². The summed E-state index contributed by atoms with van der Waals surface area (Å²) in [6, 6.07) is 6.23. The van der Waals surface area contributed by atoms with Crippen LogP contribution in [0.25, 0.3) is 10.2 Å². The van der Waals surface area contributed by atoms with Crippen molar-refractivity contribution in [1.29, 1.82) is 0 Å². The highest BCUT2D eigenvalue weighted by atomic mass is 32.1. The third-order valence-electron chi connectivity index (χ3n) is 3.53. The van der Waals surface area contributed by atoms with Crippen molar-refractivity contribution in [3.05, 3.63) is 41.2 Å². The van der Waals surface area contributed by atoms with E-state index < -0.39 is 0 Å². The van der Waals surface area contributed by atoms with Crippen LogP contribution in [0, 0.1) is 6.92 Å². The highest BCUT2D eigenvalue weighted by Crippen LogP contribution is 2.29. The lowest BCUT2D eigenvalue weighted by molar-refractivity contribution is 0.102. The van der Waals surface area contributed by atoms with Crippen LogP contribution in [0.5, 0.6) is 0 Å². The number of nitrogens with zero attached hydrogens (tertiary/aromatic N) is 3. The monoisotopic (exact) mass is 314 g/mol. The van der Waals surface area contributed by atoms with Crippen molar-refractivity contribution in [1.82, 2.24) is 14.8 Å². The summed E-state index contributed by atoms with van der Waals surface area (Å²) in [5.41, 5.74) is 3.46. The summed E-state index contributed by atoms with van der Waals surface area (Å²) in [6.45, 7) is 6.19. The summed E-state index contributed by atoms with van der Waals surface area (Å²) in [4.78, 5) is 16.7. The lowest BCUT2D eigenvalue weighted by Gasteiger charge is -2.03. The summed E-state index contributed by atoms with van der Waals surface area (Å²) in [5.74, 6) is 0.252. The molecule has 1 amide bonds. The Kier molecular flexibility index (Phi) is 3.70. The standard InChI is InChI=1S/C16H18N4OS/c1-9(2)11-5-6-12-13(7-11)22-16(17-12)18-15(21)14-10(3)8-20(4)19-14/h5-9H,1-4H3,(H,17,18,21). The van der Waals surface area contributed by atoms with Gasteiger partial charge in [0.2, 0.25) is 0 Å². The SMILES string of the molecule is Cc1cn(C)nc1C(=O)Nc1nc2ccc(C(C)C)cc2s1. The molecule has 0 unspecified atom stereocenters. The Morgan fingerprint density at radius 3 is 2.77 bits per heavy atom. The van der Waals surface area contributed by atoms with E-state index >= 15 is 0 Å². The molecule has 0 bridgehead atoms. The van der Waals surface area contributed by atoms with E-state index in [9.17, 15) is 4.79 Å². The predicted molar refractivity (Wildman–Crippen MR) is 89.6 cm³/mol. The Hall–Kier alpha value is -2.21. The fourth-order valence-corrected chi connectivity index (χ4v) is 3.25. The molecule has 0 saturated heterocycles. The second-order valence-corrected chi connectivity index (χ2v) is 6.72. The van der Waals surface area contributed by atoms with Crippen LogP contribution < -0.4 is 5.32 Å². The van der Waals surface area contributed by atoms with Crippen LogP contribution in [0.15, 0.2) is 24.4 Å². The summed E-state index contributed by atoms with van der Waals surface area (Å²) >= 11 is 1.49. The second-order valence-electron chi connectivity index (χ2n) is 5.69. The predicted octanol–water partition coefficient (Wildman–Crippen LogP) is 3.71. The van der Waals surface area contributed by atoms with Crippen molar-refractivity contribution in [2.24, 2.45) is 7.05 Å². The third-order valence-corrected chi connectivity index (χ3v) is 4.46. The first-order chi connectivity index (χ1) is 10.4. The molecule has 1 aromatic carbocycles. The van der Waals surface area contributed by atoms with E-state index in [0.717, 1.165) is 15.8 Å². The Morgan fingerprint density at radius 2 is 2.14 bits per heavy atom. The molecule has 3 aromatic rings. The minimum absolute atomic E-state index is 0.221. The number of anilines is 1. The van der Waals surface area contributed by atoms with E-state index in [2.05, 4.69) is 41.4 Å². The van der Waals surface area contributed by atoms with Gasteiger partial charge in [-0.05, 0) is 30.5 Å². The molecule has 0 aliphatic heterocycles. The Labute approximate surface area is 133 Å². The van der Waals surface area contributed by atoms with Gasteiger partial charge in [0.15, 0.2) is 10.8 Å². The number of nitrogens with one attached hydrogen (secondary N) is 1. The average Bonchev–Trinajstić information content (AvgIpc) is 2.99. The Morgan fingerprint density at radius 1 is 1.36 bits per heavy atom. The zero-order valence-electron chi connectivity index (χ0n) is 13.0. The van der Waals surface area contributed by atoms with E-state index in [1.54, 1.807) is 11.7 Å². The molecule has 22 heavy (non-hydrogen) atoms. The molecular weight excluding hydrogens is 296 g/mol. The quantitative estimate of drug-likeness (QED) is 0.801. The Balaban J connectivity index is 1.87. The molecule has 0 aliphatic carbocycles. The smallest absolute Gasteiger partial charge is 0.278 e. The van der Waals surface area contributed by atoms with Crippen molar-refractivity contribution in [2.45, 2.75) is 26.7 Å². The number of fused-ring (bicyclic) bond motifs is 1. The van der Waals surface area contributed by atoms with Gasteiger partial charge >= 0.3 is 0 Å². The van der Waals surface area contributed by atoms with Crippen LogP contribution in [0.4, 0.5) is 5.13 Å². The second kappa shape index (κ2) is 5.53. The first kappa shape index (κ1) is 14.7. The average molecular weight is 314 g/mol. The minimum atomic E-state index is -0.221. The number of benzene rings is 1. The number of aromatic nitrogens is 3. The van der Waals surface area contributed by atoms with Gasteiger partial charge in [-0.25, -0.2) is 4.98 Å². The number of carbonyl (C=O) groups excluding carboxylic acids is 1. The van der Waals surface area contributed by atoms with Crippen LogP contribution in [0.2, 0.25) is 0 Å². The zero-order chi connectivity index (χ0) is 15.9. The van der Waals surface area contributed by atoms with Gasteiger partial charge in [0, 0.05) is 18.8 Å². The molecular formula is C16H18N4OS. The van der Waals surface area contributed by atoms with Gasteiger partial charge in [0.25, 0.3) is 5.91 Å². The first-order valence-corrected chi connectivity index (χ1v) is 7.98. The van der Waals surface area contributed by atoms with Crippen molar-refractivity contribution < 1.29 is 4.79 Å². The molecule has 2 heterocycles. The lowest BCUT2D eigenvalue weighted by Crippen LogP contribution is -2.13. The van der Waals surface area contributed by atoms with Crippen molar-refractivity contribution in [3.8, 4) is 0 Å². The van der Waals surface area contributed by atoms with Crippen LogP contribution in [0.1, 0.15) is 41.4 Å². The number of hydrogen-bond donors (Lipinski definition) is 1. The molecule has 0 aliphatic rings. The molecule has 2 aromatic heterocycles. The summed E-state index contributed by atoms with van der Waals surface area (Å²) in [7, 11) is 1.80. The van der Waals surface area contributed by atoms with Gasteiger partial charge in [-0.3, -0.25) is 14.8 Å². The van der Waals surface area contributed by atoms with Crippen LogP contribution >= 0.6 is 11.3 Å². The van der Waals surface area contributed by atoms with Crippen LogP contribution in [-0.2, 0) is 7.05 Å². The number of carbonyl (C=O) groups is 1. The van der Waals surface area contributed by atoms with E-state index in [4.69, 9.17) is 0 Å². The summed E-state index contributed by atoms with van der Waals surface area (Å²) < 4.78 is 2.72. The molecule has 3 rings (SSSR count). The largest absolute Gasteiger partial charge is 0.296 e. The molecule has 0 spiro atoms. The van der Waals surface area contributed by atoms with E-state index in [1.807, 2.05) is 19.2 Å². The minimum Gasteiger partial charge on any atom is -0.296 e. The molecule has 0 saturated carbocycles. The molecule has 0 radical (unpaired) electrons. The topological polar surface area (TPSA) is 59.8 Å². The van der Waals surface area contributed by atoms with E-state index in [-0.39, 0.29) is 5.91 Å². The number of hydrogen-bond acceptors (Lipinski definition) is 4. The molecule has 6 heteroatoms. The summed E-state index contributed by atoms with van der Waals surface area (Å²) in [5, 5.41) is 7.62. The van der Waals surface area contributed by atoms with Gasteiger partial charge in [-0.15, -0.1) is 0 Å². The van der Waals surface area contributed by atoms with Crippen LogP contribution in [-0.4, -0.2) is 20.7 Å². The van der Waals surface area contributed by atoms with Gasteiger partial charge in [-0.2, -0.15) is 5.10 Å². The maximum absolute atomic E-state index is 12.3. The zero-order valence-corrected chi connectivity index (χ0v) is 13.9. The van der Waals surface area contributed by atoms with E-state index in [1.165, 1.54) is 16.9 Å². The third kappa shape index (κ3) is 2.74. The maximum Gasteiger partial charge on any atom is 0.278 e. The van der Waals surface area contributed by atoms with Gasteiger partial charge < -0.3 is 0 Å². The lowest BCUT2D eigenvalue weighted by atomic mass is 10.0. The van der Waals surface area contributed by atoms with Crippen LogP contribution in [0.3, 0.4) is 0 Å². The van der Waals surface area contributed by atoms with Crippen molar-refractivity contribution in [2.75, 3.05) is 5.32 Å². The number of rotatable bonds is 3. The number of thiazole rings is 1. The number of amides is 1. The highest BCUT2D eigenvalue weighted by molar-refractivity contribution is 7.22. The Bertz CT molecular complexity index is 847. The fraction of sp³-hybridized carbons (Fsp3) is 0.312. The van der Waals surface area contributed by atoms with Gasteiger partial charge in [0.05, 0.1) is 10.2 Å². The van der Waals surface area contributed by atoms with Gasteiger partial charge in [0.1, 0.15) is 0 Å². The van der Waals surface area contributed by atoms with Gasteiger partial charge in [-0.1, -0.05) is 31.3 Å². The maximum atomic E-state index is 12.3.